The Bertz CT molecular complexity index is 578. The topological polar surface area (TPSA) is 97.6 Å². The molecule has 1 aromatic heterocycles. The fraction of sp³-hybridized carbons (Fsp3) is 0.333. The number of anilines is 2. The van der Waals surface area contributed by atoms with E-state index in [2.05, 4.69) is 10.1 Å². The van der Waals surface area contributed by atoms with Gasteiger partial charge in [0, 0.05) is 24.8 Å². The second-order valence-electron chi connectivity index (χ2n) is 4.28. The third-order valence-corrected chi connectivity index (χ3v) is 2.96. The molecule has 2 aromatic rings. The van der Waals surface area contributed by atoms with Crippen molar-refractivity contribution in [1.82, 2.24) is 10.1 Å². The SMILES string of the molecule is Nc1ccc(-c2nc(N3CCOCC3)no2)c(O)c1. The van der Waals surface area contributed by atoms with Crippen LogP contribution < -0.4 is 10.6 Å². The zero-order valence-corrected chi connectivity index (χ0v) is 10.2. The van der Waals surface area contributed by atoms with Gasteiger partial charge in [-0.3, -0.25) is 0 Å². The van der Waals surface area contributed by atoms with Gasteiger partial charge in [-0.15, -0.1) is 0 Å². The highest BCUT2D eigenvalue weighted by atomic mass is 16.5. The van der Waals surface area contributed by atoms with Crippen LogP contribution in [-0.2, 0) is 4.74 Å². The predicted octanol–water partition coefficient (Wildman–Crippen LogP) is 0.861. The number of phenols is 1. The lowest BCUT2D eigenvalue weighted by Crippen LogP contribution is -2.36. The highest BCUT2D eigenvalue weighted by Crippen LogP contribution is 2.30. The van der Waals surface area contributed by atoms with Gasteiger partial charge in [-0.05, 0) is 17.3 Å². The number of hydrogen-bond acceptors (Lipinski definition) is 7. The molecule has 3 N–H and O–H groups in total. The number of benzene rings is 1. The van der Waals surface area contributed by atoms with E-state index in [9.17, 15) is 5.11 Å². The van der Waals surface area contributed by atoms with E-state index in [1.54, 1.807) is 12.1 Å². The molecule has 7 nitrogen and oxygen atoms in total. The van der Waals surface area contributed by atoms with Crippen molar-refractivity contribution in [3.63, 3.8) is 0 Å². The van der Waals surface area contributed by atoms with Gasteiger partial charge < -0.3 is 25.0 Å². The van der Waals surface area contributed by atoms with Gasteiger partial charge in [-0.1, -0.05) is 0 Å². The first-order valence-electron chi connectivity index (χ1n) is 5.99. The van der Waals surface area contributed by atoms with Crippen LogP contribution in [0.5, 0.6) is 5.75 Å². The minimum Gasteiger partial charge on any atom is -0.507 e. The van der Waals surface area contributed by atoms with Gasteiger partial charge >= 0.3 is 0 Å². The van der Waals surface area contributed by atoms with E-state index in [4.69, 9.17) is 15.0 Å². The smallest absolute Gasteiger partial charge is 0.266 e. The van der Waals surface area contributed by atoms with Crippen molar-refractivity contribution in [2.75, 3.05) is 36.9 Å². The molecule has 0 atom stereocenters. The third-order valence-electron chi connectivity index (χ3n) is 2.96. The number of ether oxygens (including phenoxy) is 1. The van der Waals surface area contributed by atoms with E-state index >= 15 is 0 Å². The molecule has 0 amide bonds. The second-order valence-corrected chi connectivity index (χ2v) is 4.28. The summed E-state index contributed by atoms with van der Waals surface area (Å²) in [7, 11) is 0. The van der Waals surface area contributed by atoms with Crippen molar-refractivity contribution in [3.8, 4) is 17.2 Å². The van der Waals surface area contributed by atoms with Crippen LogP contribution in [0.1, 0.15) is 0 Å². The summed E-state index contributed by atoms with van der Waals surface area (Å²) in [5, 5.41) is 13.7. The van der Waals surface area contributed by atoms with Crippen LogP contribution in [0.3, 0.4) is 0 Å². The molecule has 0 bridgehead atoms. The largest absolute Gasteiger partial charge is 0.507 e. The third kappa shape index (κ3) is 2.32. The fourth-order valence-corrected chi connectivity index (χ4v) is 1.95. The Labute approximate surface area is 109 Å². The number of aromatic hydroxyl groups is 1. The van der Waals surface area contributed by atoms with Gasteiger partial charge in [0.1, 0.15) is 5.75 Å². The van der Waals surface area contributed by atoms with Gasteiger partial charge in [0.25, 0.3) is 11.8 Å². The molecule has 1 fully saturated rings. The lowest BCUT2D eigenvalue weighted by atomic mass is 10.2. The summed E-state index contributed by atoms with van der Waals surface area (Å²) in [4.78, 5) is 6.26. The summed E-state index contributed by atoms with van der Waals surface area (Å²) < 4.78 is 10.4. The Morgan fingerprint density at radius 3 is 2.79 bits per heavy atom. The predicted molar refractivity (Wildman–Crippen MR) is 68.8 cm³/mol. The van der Waals surface area contributed by atoms with Gasteiger partial charge in [-0.2, -0.15) is 4.98 Å². The van der Waals surface area contributed by atoms with Crippen molar-refractivity contribution in [1.29, 1.82) is 0 Å². The van der Waals surface area contributed by atoms with Crippen LogP contribution in [-0.4, -0.2) is 41.6 Å². The Hall–Kier alpha value is -2.28. The molecule has 7 heteroatoms. The first-order valence-corrected chi connectivity index (χ1v) is 5.99. The van der Waals surface area contributed by atoms with E-state index in [-0.39, 0.29) is 11.6 Å². The standard InChI is InChI=1S/C12H14N4O3/c13-8-1-2-9(10(17)7-8)11-14-12(15-19-11)16-3-5-18-6-4-16/h1-2,7,17H,3-6,13H2. The molecule has 0 saturated carbocycles. The van der Waals surface area contributed by atoms with Crippen LogP contribution >= 0.6 is 0 Å². The first-order chi connectivity index (χ1) is 9.24. The number of nitrogens with two attached hydrogens (primary N) is 1. The average molecular weight is 262 g/mol. The maximum absolute atomic E-state index is 9.82. The van der Waals surface area contributed by atoms with Crippen LogP contribution in [0.25, 0.3) is 11.5 Å². The summed E-state index contributed by atoms with van der Waals surface area (Å²) >= 11 is 0. The zero-order valence-electron chi connectivity index (χ0n) is 10.2. The Morgan fingerprint density at radius 1 is 1.26 bits per heavy atom. The molecule has 0 unspecified atom stereocenters. The van der Waals surface area contributed by atoms with Gasteiger partial charge in [0.05, 0.1) is 18.8 Å². The van der Waals surface area contributed by atoms with Crippen LogP contribution in [0.4, 0.5) is 11.6 Å². The molecule has 3 rings (SSSR count). The monoisotopic (exact) mass is 262 g/mol. The maximum Gasteiger partial charge on any atom is 0.266 e. The summed E-state index contributed by atoms with van der Waals surface area (Å²) in [6.45, 7) is 2.76. The zero-order chi connectivity index (χ0) is 13.2. The number of rotatable bonds is 2. The number of aromatic nitrogens is 2. The number of nitrogens with zero attached hydrogens (tertiary/aromatic N) is 3. The molecule has 1 saturated heterocycles. The quantitative estimate of drug-likeness (QED) is 0.774. The number of morpholine rings is 1. The molecular formula is C12H14N4O3. The molecule has 2 heterocycles. The minimum atomic E-state index is 0.0252. The van der Waals surface area contributed by atoms with E-state index in [0.29, 0.717) is 30.4 Å². The highest BCUT2D eigenvalue weighted by molar-refractivity contribution is 5.66. The molecule has 1 aliphatic rings. The summed E-state index contributed by atoms with van der Waals surface area (Å²) in [5.74, 6) is 0.811. The van der Waals surface area contributed by atoms with Crippen LogP contribution in [0, 0.1) is 0 Å². The van der Waals surface area contributed by atoms with Crippen LogP contribution in [0.15, 0.2) is 22.7 Å². The molecule has 19 heavy (non-hydrogen) atoms. The van der Waals surface area contributed by atoms with Crippen molar-refractivity contribution in [3.05, 3.63) is 18.2 Å². The molecular weight excluding hydrogens is 248 g/mol. The Balaban J connectivity index is 1.87. The Morgan fingerprint density at radius 2 is 2.05 bits per heavy atom. The normalized spacial score (nSPS) is 15.7. The molecule has 0 spiro atoms. The summed E-state index contributed by atoms with van der Waals surface area (Å²) in [6, 6.07) is 4.78. The fourth-order valence-electron chi connectivity index (χ4n) is 1.95. The average Bonchev–Trinajstić information content (AvgIpc) is 2.89. The molecule has 0 radical (unpaired) electrons. The minimum absolute atomic E-state index is 0.0252. The maximum atomic E-state index is 9.82. The summed E-state index contributed by atoms with van der Waals surface area (Å²) in [5.41, 5.74) is 6.53. The number of nitrogen functional groups attached to an aromatic ring is 1. The van der Waals surface area contributed by atoms with Crippen molar-refractivity contribution in [2.45, 2.75) is 0 Å². The molecule has 0 aliphatic carbocycles. The lowest BCUT2D eigenvalue weighted by Gasteiger charge is -2.24. The molecule has 100 valence electrons. The van der Waals surface area contributed by atoms with Gasteiger partial charge in [0.2, 0.25) is 0 Å². The van der Waals surface area contributed by atoms with E-state index in [1.165, 1.54) is 6.07 Å². The lowest BCUT2D eigenvalue weighted by molar-refractivity contribution is 0.121. The van der Waals surface area contributed by atoms with E-state index in [0.717, 1.165) is 13.1 Å². The van der Waals surface area contributed by atoms with E-state index < -0.39 is 0 Å². The second kappa shape index (κ2) is 4.77. The highest BCUT2D eigenvalue weighted by Gasteiger charge is 2.19. The summed E-state index contributed by atoms with van der Waals surface area (Å²) in [6.07, 6.45) is 0. The Kier molecular flexibility index (Phi) is 2.96. The van der Waals surface area contributed by atoms with Crippen molar-refractivity contribution >= 4 is 11.6 Å². The van der Waals surface area contributed by atoms with Crippen LogP contribution in [0.2, 0.25) is 0 Å². The van der Waals surface area contributed by atoms with Gasteiger partial charge in [0.15, 0.2) is 0 Å². The molecule has 1 aromatic carbocycles. The van der Waals surface area contributed by atoms with E-state index in [1.807, 2.05) is 4.90 Å². The van der Waals surface area contributed by atoms with Crippen molar-refractivity contribution < 1.29 is 14.4 Å². The first kappa shape index (κ1) is 11.8. The van der Waals surface area contributed by atoms with Gasteiger partial charge in [-0.25, -0.2) is 0 Å². The number of phenolic OH excluding ortho intramolecular Hbond substituents is 1. The van der Waals surface area contributed by atoms with Crippen molar-refractivity contribution in [2.24, 2.45) is 0 Å². The number of hydrogen-bond donors (Lipinski definition) is 2. The molecule has 1 aliphatic heterocycles.